The second-order valence-electron chi connectivity index (χ2n) is 5.66. The van der Waals surface area contributed by atoms with Crippen LogP contribution in [0.3, 0.4) is 0 Å². The van der Waals surface area contributed by atoms with Gasteiger partial charge in [-0.2, -0.15) is 0 Å². The van der Waals surface area contributed by atoms with Crippen molar-refractivity contribution in [3.8, 4) is 0 Å². The minimum atomic E-state index is -0.977. The van der Waals surface area contributed by atoms with Gasteiger partial charge in [0.1, 0.15) is 6.54 Å². The molecule has 0 aromatic carbocycles. The van der Waals surface area contributed by atoms with Gasteiger partial charge >= 0.3 is 12.0 Å². The summed E-state index contributed by atoms with van der Waals surface area (Å²) in [7, 11) is 2.02. The third kappa shape index (κ3) is 4.97. The predicted molar refractivity (Wildman–Crippen MR) is 72.6 cm³/mol. The van der Waals surface area contributed by atoms with E-state index in [9.17, 15) is 9.59 Å². The fourth-order valence-corrected chi connectivity index (χ4v) is 2.30. The smallest absolute Gasteiger partial charge is 0.323 e. The Kier molecular flexibility index (Phi) is 5.19. The van der Waals surface area contributed by atoms with Crippen molar-refractivity contribution in [3.63, 3.8) is 0 Å². The lowest BCUT2D eigenvalue weighted by Gasteiger charge is -2.30. The van der Waals surface area contributed by atoms with Crippen molar-refractivity contribution in [1.29, 1.82) is 0 Å². The van der Waals surface area contributed by atoms with Gasteiger partial charge in [0.15, 0.2) is 0 Å². The number of urea groups is 1. The molecule has 0 aromatic heterocycles. The summed E-state index contributed by atoms with van der Waals surface area (Å²) in [6.07, 6.45) is 2.14. The van der Waals surface area contributed by atoms with E-state index in [1.807, 2.05) is 7.05 Å². The minimum Gasteiger partial charge on any atom is -0.480 e. The van der Waals surface area contributed by atoms with Gasteiger partial charge in [0, 0.05) is 26.2 Å². The van der Waals surface area contributed by atoms with Gasteiger partial charge in [0.25, 0.3) is 0 Å². The van der Waals surface area contributed by atoms with Crippen LogP contribution in [0.2, 0.25) is 0 Å². The standard InChI is InChI=1S/C13H23N3O4/c1-15-4-5-20-11(8-15)6-14-13(19)16(9-12(17)18)7-10-2-3-10/h10-11H,2-9H2,1H3,(H,14,19)(H,17,18). The van der Waals surface area contributed by atoms with Gasteiger partial charge in [-0.15, -0.1) is 0 Å². The molecule has 0 spiro atoms. The van der Waals surface area contributed by atoms with Gasteiger partial charge in [0.2, 0.25) is 0 Å². The second-order valence-corrected chi connectivity index (χ2v) is 5.66. The molecule has 1 heterocycles. The summed E-state index contributed by atoms with van der Waals surface area (Å²) in [4.78, 5) is 26.4. The maximum atomic E-state index is 12.0. The molecule has 0 radical (unpaired) electrons. The summed E-state index contributed by atoms with van der Waals surface area (Å²) in [5.41, 5.74) is 0. The molecule has 7 heteroatoms. The fraction of sp³-hybridized carbons (Fsp3) is 0.846. The summed E-state index contributed by atoms with van der Waals surface area (Å²) in [5.74, 6) is -0.508. The summed E-state index contributed by atoms with van der Waals surface area (Å²) in [5, 5.41) is 11.6. The van der Waals surface area contributed by atoms with Crippen LogP contribution in [0.5, 0.6) is 0 Å². The van der Waals surface area contributed by atoms with Crippen LogP contribution in [0.15, 0.2) is 0 Å². The molecule has 114 valence electrons. The summed E-state index contributed by atoms with van der Waals surface area (Å²) in [6, 6.07) is -0.309. The molecule has 2 N–H and O–H groups in total. The number of aliphatic carboxylic acids is 1. The lowest BCUT2D eigenvalue weighted by Crippen LogP contribution is -2.50. The number of ether oxygens (including phenoxy) is 1. The molecule has 2 rings (SSSR count). The molecule has 0 aromatic rings. The van der Waals surface area contributed by atoms with Crippen LogP contribution in [0.4, 0.5) is 4.79 Å². The van der Waals surface area contributed by atoms with Crippen molar-refractivity contribution in [2.75, 3.05) is 46.4 Å². The molecule has 1 aliphatic heterocycles. The Labute approximate surface area is 118 Å². The van der Waals surface area contributed by atoms with Crippen molar-refractivity contribution < 1.29 is 19.4 Å². The number of carboxylic acid groups (broad SMARTS) is 1. The van der Waals surface area contributed by atoms with E-state index in [1.165, 1.54) is 4.90 Å². The molecule has 7 nitrogen and oxygen atoms in total. The SMILES string of the molecule is CN1CCOC(CNC(=O)N(CC(=O)O)CC2CC2)C1. The van der Waals surface area contributed by atoms with E-state index in [4.69, 9.17) is 9.84 Å². The molecule has 1 atom stereocenters. The Morgan fingerprint density at radius 2 is 2.20 bits per heavy atom. The predicted octanol–water partition coefficient (Wildman–Crippen LogP) is -0.177. The maximum Gasteiger partial charge on any atom is 0.323 e. The van der Waals surface area contributed by atoms with E-state index < -0.39 is 5.97 Å². The third-order valence-corrected chi connectivity index (χ3v) is 3.61. The molecular formula is C13H23N3O4. The third-order valence-electron chi connectivity index (χ3n) is 3.61. The highest BCUT2D eigenvalue weighted by Gasteiger charge is 2.28. The van der Waals surface area contributed by atoms with Crippen LogP contribution in [0, 0.1) is 5.92 Å². The first-order chi connectivity index (χ1) is 9.54. The number of carboxylic acids is 1. The van der Waals surface area contributed by atoms with E-state index in [0.29, 0.717) is 25.6 Å². The first kappa shape index (κ1) is 15.1. The molecule has 1 unspecified atom stereocenters. The zero-order valence-electron chi connectivity index (χ0n) is 11.9. The van der Waals surface area contributed by atoms with Crippen molar-refractivity contribution in [2.45, 2.75) is 18.9 Å². The Bertz CT molecular complexity index is 360. The lowest BCUT2D eigenvalue weighted by atomic mass is 10.3. The van der Waals surface area contributed by atoms with Crippen molar-refractivity contribution in [2.24, 2.45) is 5.92 Å². The van der Waals surface area contributed by atoms with Crippen molar-refractivity contribution >= 4 is 12.0 Å². The number of morpholine rings is 1. The number of rotatable bonds is 6. The molecule has 0 bridgehead atoms. The van der Waals surface area contributed by atoms with Crippen LogP contribution in [-0.2, 0) is 9.53 Å². The number of hydrogen-bond donors (Lipinski definition) is 2. The molecular weight excluding hydrogens is 262 g/mol. The second kappa shape index (κ2) is 6.90. The highest BCUT2D eigenvalue weighted by atomic mass is 16.5. The number of nitrogens with one attached hydrogen (secondary N) is 1. The Hall–Kier alpha value is -1.34. The fourth-order valence-electron chi connectivity index (χ4n) is 2.30. The molecule has 20 heavy (non-hydrogen) atoms. The van der Waals surface area contributed by atoms with Crippen molar-refractivity contribution in [3.05, 3.63) is 0 Å². The Balaban J connectivity index is 1.76. The summed E-state index contributed by atoms with van der Waals surface area (Å²) < 4.78 is 5.56. The van der Waals surface area contributed by atoms with Crippen LogP contribution in [0.25, 0.3) is 0 Å². The molecule has 2 amide bonds. The summed E-state index contributed by atoms with van der Waals surface area (Å²) >= 11 is 0. The monoisotopic (exact) mass is 285 g/mol. The van der Waals surface area contributed by atoms with Gasteiger partial charge in [-0.1, -0.05) is 0 Å². The average molecular weight is 285 g/mol. The average Bonchev–Trinajstić information content (AvgIpc) is 3.19. The van der Waals surface area contributed by atoms with E-state index >= 15 is 0 Å². The Morgan fingerprint density at radius 1 is 1.45 bits per heavy atom. The number of carbonyl (C=O) groups is 2. The van der Waals surface area contributed by atoms with Crippen LogP contribution < -0.4 is 5.32 Å². The number of amides is 2. The molecule has 2 aliphatic rings. The van der Waals surface area contributed by atoms with Crippen LogP contribution >= 0.6 is 0 Å². The zero-order valence-corrected chi connectivity index (χ0v) is 11.9. The number of nitrogens with zero attached hydrogens (tertiary/aromatic N) is 2. The highest BCUT2D eigenvalue weighted by molar-refractivity contribution is 5.80. The molecule has 1 saturated carbocycles. The van der Waals surface area contributed by atoms with E-state index in [0.717, 1.165) is 25.9 Å². The minimum absolute atomic E-state index is 0.0229. The quantitative estimate of drug-likeness (QED) is 0.707. The number of carbonyl (C=O) groups excluding carboxylic acids is 1. The molecule has 1 aliphatic carbocycles. The number of likely N-dealkylation sites (N-methyl/N-ethyl adjacent to an activating group) is 1. The van der Waals surface area contributed by atoms with Gasteiger partial charge in [-0.3, -0.25) is 4.79 Å². The first-order valence-corrected chi connectivity index (χ1v) is 7.09. The number of hydrogen-bond acceptors (Lipinski definition) is 4. The van der Waals surface area contributed by atoms with Gasteiger partial charge in [-0.05, 0) is 25.8 Å². The van der Waals surface area contributed by atoms with Gasteiger partial charge in [0.05, 0.1) is 12.7 Å². The first-order valence-electron chi connectivity index (χ1n) is 7.09. The Morgan fingerprint density at radius 3 is 2.80 bits per heavy atom. The van der Waals surface area contributed by atoms with Crippen LogP contribution in [0.1, 0.15) is 12.8 Å². The van der Waals surface area contributed by atoms with E-state index in [1.54, 1.807) is 0 Å². The molecule has 2 fully saturated rings. The van der Waals surface area contributed by atoms with Crippen LogP contribution in [-0.4, -0.2) is 79.4 Å². The normalized spacial score (nSPS) is 23.4. The zero-order chi connectivity index (χ0) is 14.5. The largest absolute Gasteiger partial charge is 0.480 e. The lowest BCUT2D eigenvalue weighted by molar-refractivity contribution is -0.137. The topological polar surface area (TPSA) is 82.1 Å². The van der Waals surface area contributed by atoms with Crippen molar-refractivity contribution in [1.82, 2.24) is 15.1 Å². The molecule has 1 saturated heterocycles. The highest BCUT2D eigenvalue weighted by Crippen LogP contribution is 2.29. The van der Waals surface area contributed by atoms with E-state index in [-0.39, 0.29) is 18.7 Å². The van der Waals surface area contributed by atoms with Gasteiger partial charge in [-0.25, -0.2) is 4.79 Å². The summed E-state index contributed by atoms with van der Waals surface area (Å²) in [6.45, 7) is 3.05. The van der Waals surface area contributed by atoms with Gasteiger partial charge < -0.3 is 25.0 Å². The maximum absolute atomic E-state index is 12.0. The van der Waals surface area contributed by atoms with E-state index in [2.05, 4.69) is 10.2 Å².